The molecule has 8 rings (SSSR count). The van der Waals surface area contributed by atoms with E-state index in [1.54, 1.807) is 18.3 Å². The third kappa shape index (κ3) is 13.3. The number of carbonyl (C=O) groups excluding carboxylic acids is 2. The molecule has 3 aliphatic rings. The van der Waals surface area contributed by atoms with Gasteiger partial charge in [0.15, 0.2) is 0 Å². The summed E-state index contributed by atoms with van der Waals surface area (Å²) in [5.74, 6) is 1.08. The van der Waals surface area contributed by atoms with Crippen LogP contribution in [0.1, 0.15) is 62.0 Å². The fraction of sp³-hybridized carbons (Fsp3) is 0.413. The average Bonchev–Trinajstić information content (AvgIpc) is 3.75. The molecule has 15 heteroatoms. The van der Waals surface area contributed by atoms with E-state index >= 15 is 0 Å². The van der Waals surface area contributed by atoms with Crippen molar-refractivity contribution < 1.29 is 28.7 Å². The Bertz CT molecular complexity index is 2190. The normalized spacial score (nSPS) is 15.3. The Labute approximate surface area is 364 Å². The minimum Gasteiger partial charge on any atom is -0.455 e. The topological polar surface area (TPSA) is 161 Å². The first-order valence-electron chi connectivity index (χ1n) is 21.1. The Morgan fingerprint density at radius 3 is 2.44 bits per heavy atom. The highest BCUT2D eigenvalue weighted by atomic mass is 32.1. The summed E-state index contributed by atoms with van der Waals surface area (Å²) >= 11 is 4.23. The number of ether oxygens (including phenoxy) is 2. The molecular weight excluding hydrogens is 796 g/mol. The molecule has 6 N–H and O–H groups in total. The van der Waals surface area contributed by atoms with Crippen LogP contribution in [0.2, 0.25) is 0 Å². The number of aromatic nitrogens is 2. The number of benzene rings is 3. The largest absolute Gasteiger partial charge is 0.455 e. The number of halogens is 1. The first-order chi connectivity index (χ1) is 29.5. The predicted molar refractivity (Wildman–Crippen MR) is 244 cm³/mol. The second-order valence-electron chi connectivity index (χ2n) is 15.4. The van der Waals surface area contributed by atoms with Crippen LogP contribution in [-0.2, 0) is 22.5 Å². The quantitative estimate of drug-likeness (QED) is 0.0630. The van der Waals surface area contributed by atoms with E-state index in [9.17, 15) is 14.0 Å². The molecule has 61 heavy (non-hydrogen) atoms. The number of pyridine rings is 1. The van der Waals surface area contributed by atoms with Crippen LogP contribution >= 0.6 is 12.6 Å². The molecule has 0 unspecified atom stereocenters. The summed E-state index contributed by atoms with van der Waals surface area (Å²) in [4.78, 5) is 38.2. The maximum atomic E-state index is 13.1. The molecule has 2 aromatic heterocycles. The van der Waals surface area contributed by atoms with Gasteiger partial charge >= 0.3 is 0 Å². The van der Waals surface area contributed by atoms with Gasteiger partial charge in [-0.2, -0.15) is 0 Å². The molecule has 13 nitrogen and oxygen atoms in total. The number of fused-ring (bicyclic) bond motifs is 2. The predicted octanol–water partition coefficient (Wildman–Crippen LogP) is 8.21. The number of piperazine rings is 1. The van der Waals surface area contributed by atoms with Crippen LogP contribution in [0.15, 0.2) is 84.0 Å². The van der Waals surface area contributed by atoms with E-state index in [1.807, 2.05) is 81.3 Å². The van der Waals surface area contributed by atoms with Crippen molar-refractivity contribution in [3.05, 3.63) is 102 Å². The fourth-order valence-electron chi connectivity index (χ4n) is 7.23. The van der Waals surface area contributed by atoms with E-state index in [-0.39, 0.29) is 17.6 Å². The van der Waals surface area contributed by atoms with Crippen LogP contribution in [0.3, 0.4) is 0 Å². The second-order valence-corrected chi connectivity index (χ2v) is 15.9. The van der Waals surface area contributed by atoms with Gasteiger partial charge in [0.1, 0.15) is 23.0 Å². The lowest BCUT2D eigenvalue weighted by Gasteiger charge is -2.34. The highest BCUT2D eigenvalue weighted by Gasteiger charge is 2.23. The van der Waals surface area contributed by atoms with Crippen LogP contribution in [0.5, 0.6) is 11.5 Å². The number of hydrogen-bond acceptors (Lipinski definition) is 11. The third-order valence-electron chi connectivity index (χ3n) is 10.7. The number of primary amides is 1. The van der Waals surface area contributed by atoms with Crippen molar-refractivity contribution >= 4 is 52.5 Å². The molecule has 0 bridgehead atoms. The number of carbonyl (C=O) groups is 2. The van der Waals surface area contributed by atoms with Gasteiger partial charge in [-0.25, -0.2) is 9.37 Å². The van der Waals surface area contributed by atoms with E-state index in [2.05, 4.69) is 50.2 Å². The van der Waals surface area contributed by atoms with E-state index in [0.29, 0.717) is 35.2 Å². The van der Waals surface area contributed by atoms with Crippen molar-refractivity contribution in [2.75, 3.05) is 75.2 Å². The van der Waals surface area contributed by atoms with Gasteiger partial charge in [0.25, 0.3) is 5.91 Å². The number of H-pyrrole nitrogens is 1. The maximum absolute atomic E-state index is 13.1. The number of nitrogens with zero attached hydrogens (tertiary/aromatic N) is 4. The van der Waals surface area contributed by atoms with Gasteiger partial charge in [0, 0.05) is 93.2 Å². The number of amides is 2. The third-order valence-corrected chi connectivity index (χ3v) is 11.0. The van der Waals surface area contributed by atoms with Crippen molar-refractivity contribution in [1.82, 2.24) is 19.8 Å². The van der Waals surface area contributed by atoms with E-state index < -0.39 is 5.91 Å². The number of anilines is 3. The summed E-state index contributed by atoms with van der Waals surface area (Å²) in [5.41, 5.74) is 13.6. The molecule has 3 aliphatic heterocycles. The summed E-state index contributed by atoms with van der Waals surface area (Å²) in [5, 5.41) is 13.3. The molecule has 0 radical (unpaired) electrons. The van der Waals surface area contributed by atoms with E-state index in [1.165, 1.54) is 12.1 Å². The summed E-state index contributed by atoms with van der Waals surface area (Å²) in [7, 11) is 2.12. The number of hydrogen-bond donors (Lipinski definition) is 6. The lowest BCUT2D eigenvalue weighted by Crippen LogP contribution is -2.44. The molecule has 328 valence electrons. The fourth-order valence-corrected chi connectivity index (χ4v) is 7.43. The van der Waals surface area contributed by atoms with Gasteiger partial charge in [-0.05, 0) is 98.0 Å². The first kappa shape index (κ1) is 46.7. The molecule has 2 amide bonds. The summed E-state index contributed by atoms with van der Waals surface area (Å²) in [6.45, 7) is 15.6. The van der Waals surface area contributed by atoms with Gasteiger partial charge in [-0.15, -0.1) is 12.6 Å². The number of rotatable bonds is 9. The molecule has 5 aromatic rings. The number of nitrogens with one attached hydrogen (secondary N) is 3. The number of likely N-dealkylation sites (N-methyl/N-ethyl adjacent to an activating group) is 1. The van der Waals surface area contributed by atoms with Gasteiger partial charge in [-0.3, -0.25) is 20.3 Å². The maximum Gasteiger partial charge on any atom is 0.252 e. The second kappa shape index (κ2) is 23.0. The van der Waals surface area contributed by atoms with Crippen molar-refractivity contribution in [2.24, 2.45) is 17.6 Å². The van der Waals surface area contributed by atoms with Gasteiger partial charge < -0.3 is 40.2 Å². The van der Waals surface area contributed by atoms with Crippen molar-refractivity contribution in [2.45, 2.75) is 58.4 Å². The molecular formula is C46H61FN8O5S. The monoisotopic (exact) mass is 856 g/mol. The molecule has 2 saturated heterocycles. The summed E-state index contributed by atoms with van der Waals surface area (Å²) in [6, 6.07) is 19.8. The van der Waals surface area contributed by atoms with Crippen molar-refractivity contribution in [3.63, 3.8) is 0 Å². The number of thiol groups is 1. The van der Waals surface area contributed by atoms with Gasteiger partial charge in [0.05, 0.1) is 23.1 Å². The van der Waals surface area contributed by atoms with Crippen molar-refractivity contribution in [3.8, 4) is 11.5 Å². The Balaban J connectivity index is 0.000000177. The highest BCUT2D eigenvalue weighted by molar-refractivity contribution is 7.80. The van der Waals surface area contributed by atoms with Gasteiger partial charge in [0.2, 0.25) is 5.91 Å². The minimum atomic E-state index is -0.513. The van der Waals surface area contributed by atoms with Crippen LogP contribution in [-0.4, -0.2) is 96.3 Å². The smallest absolute Gasteiger partial charge is 0.252 e. The standard InChI is InChI=1S/C19H21N5O2.C13H16FNO.C12H18N2O2S.C2H6/c1-23-6-8-24(9-7-23)14-2-3-16(18(20)25)17(11-14)26-15-10-13-4-5-21-19(13)22-12-15;1-9(2)13(16)15-6-5-10-3-4-12(14)7-11(10)8-15;15-14-12-7-10(17)1-2-11(12)13-8-9-3-5-16-6-4-9;1-2/h2-5,10-12H,6-9H2,1H3,(H2,20,25)(H,21,22);3-4,7,9H,5-6,8H2,1-2H3;1-2,7,9,13-15,17H,3-6,8H2;1-2H3. The van der Waals surface area contributed by atoms with E-state index in [4.69, 9.17) is 20.4 Å². The molecule has 0 saturated carbocycles. The zero-order valence-corrected chi connectivity index (χ0v) is 36.8. The Morgan fingerprint density at radius 2 is 1.74 bits per heavy atom. The van der Waals surface area contributed by atoms with Crippen molar-refractivity contribution in [1.29, 1.82) is 0 Å². The van der Waals surface area contributed by atoms with Crippen LogP contribution < -0.4 is 26.2 Å². The van der Waals surface area contributed by atoms with E-state index in [0.717, 1.165) is 110 Å². The zero-order chi connectivity index (χ0) is 43.9. The zero-order valence-electron chi connectivity index (χ0n) is 35.9. The molecule has 0 atom stereocenters. The average molecular weight is 857 g/mol. The lowest BCUT2D eigenvalue weighted by molar-refractivity contribution is -0.135. The SMILES string of the molecule is CC.CC(C)C(=O)N1CCc2ccc(F)cc2C1.CN1CCN(c2ccc(C(N)=O)c(Oc3cnc4[nH]ccc4c3)c2)CC1.ONc1cc(S)ccc1NCC1CCOCC1. The van der Waals surface area contributed by atoms with Crippen LogP contribution in [0.4, 0.5) is 21.5 Å². The molecule has 2 fully saturated rings. The number of nitrogens with two attached hydrogens (primary N) is 1. The summed E-state index contributed by atoms with van der Waals surface area (Å²) in [6.07, 6.45) is 6.48. The van der Waals surface area contributed by atoms with Gasteiger partial charge in [-0.1, -0.05) is 33.8 Å². The Kier molecular flexibility index (Phi) is 17.6. The molecule has 0 spiro atoms. The van der Waals surface area contributed by atoms with Crippen LogP contribution in [0.25, 0.3) is 11.0 Å². The minimum absolute atomic E-state index is 0.00936. The summed E-state index contributed by atoms with van der Waals surface area (Å²) < 4.78 is 24.4. The number of aromatic amines is 1. The molecule has 5 heterocycles. The molecule has 3 aromatic carbocycles. The lowest BCUT2D eigenvalue weighted by atomic mass is 9.98. The highest BCUT2D eigenvalue weighted by Crippen LogP contribution is 2.32. The molecule has 0 aliphatic carbocycles. The van der Waals surface area contributed by atoms with Crippen LogP contribution in [0, 0.1) is 17.7 Å². The Hall–Kier alpha value is -5.35. The first-order valence-corrected chi connectivity index (χ1v) is 21.5. The Morgan fingerprint density at radius 1 is 0.984 bits per heavy atom.